The van der Waals surface area contributed by atoms with Crippen LogP contribution in [0, 0.1) is 0 Å². The van der Waals surface area contributed by atoms with E-state index in [0.29, 0.717) is 18.1 Å². The first kappa shape index (κ1) is 9.91. The number of aliphatic carboxylic acids is 1. The summed E-state index contributed by atoms with van der Waals surface area (Å²) in [6, 6.07) is 0. The molecule has 0 spiro atoms. The number of hydrogen-bond donors (Lipinski definition) is 0. The van der Waals surface area contributed by atoms with Crippen LogP contribution >= 0.6 is 11.6 Å². The molecule has 5 heteroatoms. The summed E-state index contributed by atoms with van der Waals surface area (Å²) in [4.78, 5) is 9.84. The number of alkyl halides is 1. The zero-order valence-electron chi connectivity index (χ0n) is 5.34. The van der Waals surface area contributed by atoms with Crippen molar-refractivity contribution in [2.24, 2.45) is 0 Å². The summed E-state index contributed by atoms with van der Waals surface area (Å²) in [6.07, 6.45) is 0.585. The average molecular weight is 184 g/mol. The van der Waals surface area contributed by atoms with Crippen LogP contribution in [0.5, 0.6) is 0 Å². The molecule has 1 atom stereocenters. The molecule has 0 saturated heterocycles. The molecule has 60 valence electrons. The Labute approximate surface area is 66.8 Å². The van der Waals surface area contributed by atoms with Gasteiger partial charge < -0.3 is 9.90 Å². The minimum absolute atomic E-state index is 0.345. The van der Waals surface area contributed by atoms with E-state index in [0.717, 1.165) is 0 Å². The molecule has 0 aliphatic carbocycles. The van der Waals surface area contributed by atoms with Gasteiger partial charge in [-0.2, -0.15) is 0 Å². The standard InChI is InChI=1S/C5H9ClO3S/c6-2-1-3-10(9)4-5(7)8/h1-4H2,(H,7,8)/p-1. The summed E-state index contributed by atoms with van der Waals surface area (Å²) >= 11 is 5.28. The third-order valence-electron chi connectivity index (χ3n) is 0.784. The third-order valence-corrected chi connectivity index (χ3v) is 2.35. The van der Waals surface area contributed by atoms with Crippen LogP contribution in [0.1, 0.15) is 6.42 Å². The van der Waals surface area contributed by atoms with E-state index < -0.39 is 16.8 Å². The van der Waals surface area contributed by atoms with Crippen molar-refractivity contribution in [1.82, 2.24) is 0 Å². The Morgan fingerprint density at radius 1 is 1.60 bits per heavy atom. The van der Waals surface area contributed by atoms with Crippen LogP contribution in [0.25, 0.3) is 0 Å². The SMILES string of the molecule is O=C([O-])CS(=O)CCCCl. The Hall–Kier alpha value is -0.0900. The van der Waals surface area contributed by atoms with Gasteiger partial charge in [0, 0.05) is 22.4 Å². The number of halogens is 1. The normalized spacial score (nSPS) is 12.9. The molecule has 0 amide bonds. The second-order valence-electron chi connectivity index (χ2n) is 1.70. The van der Waals surface area contributed by atoms with Gasteiger partial charge in [-0.1, -0.05) is 0 Å². The molecular formula is C5H8ClO3S-. The molecular weight excluding hydrogens is 176 g/mol. The molecule has 0 saturated carbocycles. The van der Waals surface area contributed by atoms with E-state index in [1.807, 2.05) is 0 Å². The molecule has 0 aromatic heterocycles. The molecule has 1 unspecified atom stereocenters. The largest absolute Gasteiger partial charge is 0.549 e. The molecule has 10 heavy (non-hydrogen) atoms. The average Bonchev–Trinajstić information content (AvgIpc) is 1.82. The molecule has 0 rings (SSSR count). The molecule has 0 aliphatic heterocycles. The van der Waals surface area contributed by atoms with Gasteiger partial charge in [0.1, 0.15) is 0 Å². The summed E-state index contributed by atoms with van der Waals surface area (Å²) in [6.45, 7) is 0. The quantitative estimate of drug-likeness (QED) is 0.520. The number of carboxylic acids is 1. The molecule has 0 heterocycles. The van der Waals surface area contributed by atoms with Gasteiger partial charge in [0.15, 0.2) is 0 Å². The lowest BCUT2D eigenvalue weighted by atomic mass is 10.6. The lowest BCUT2D eigenvalue weighted by Crippen LogP contribution is -2.29. The maximum Gasteiger partial charge on any atom is 0.0632 e. The number of carboxylic acid groups (broad SMARTS) is 1. The molecule has 0 aromatic rings. The molecule has 0 bridgehead atoms. The fraction of sp³-hybridized carbons (Fsp3) is 0.800. The summed E-state index contributed by atoms with van der Waals surface area (Å²) in [5.41, 5.74) is 0. The zero-order chi connectivity index (χ0) is 7.98. The van der Waals surface area contributed by atoms with E-state index in [-0.39, 0.29) is 5.75 Å². The van der Waals surface area contributed by atoms with Crippen molar-refractivity contribution in [2.45, 2.75) is 6.42 Å². The first-order chi connectivity index (χ1) is 4.66. The first-order valence-electron chi connectivity index (χ1n) is 2.77. The smallest absolute Gasteiger partial charge is 0.0632 e. The Bertz CT molecular complexity index is 137. The van der Waals surface area contributed by atoms with Gasteiger partial charge in [0.05, 0.1) is 11.7 Å². The summed E-state index contributed by atoms with van der Waals surface area (Å²) in [5, 5.41) is 9.84. The number of carbonyl (C=O) groups excluding carboxylic acids is 1. The van der Waals surface area contributed by atoms with Crippen molar-refractivity contribution in [3.8, 4) is 0 Å². The van der Waals surface area contributed by atoms with Crippen LogP contribution in [-0.2, 0) is 15.6 Å². The van der Waals surface area contributed by atoms with Gasteiger partial charge in [-0.15, -0.1) is 11.6 Å². The number of carbonyl (C=O) groups is 1. The Morgan fingerprint density at radius 2 is 2.20 bits per heavy atom. The van der Waals surface area contributed by atoms with Gasteiger partial charge in [0.25, 0.3) is 0 Å². The van der Waals surface area contributed by atoms with Crippen LogP contribution in [0.15, 0.2) is 0 Å². The van der Waals surface area contributed by atoms with E-state index >= 15 is 0 Å². The molecule has 0 aromatic carbocycles. The fourth-order valence-electron chi connectivity index (χ4n) is 0.419. The maximum absolute atomic E-state index is 10.6. The van der Waals surface area contributed by atoms with Crippen molar-refractivity contribution in [2.75, 3.05) is 17.4 Å². The summed E-state index contributed by atoms with van der Waals surface area (Å²) in [7, 11) is -1.30. The van der Waals surface area contributed by atoms with E-state index in [1.165, 1.54) is 0 Å². The van der Waals surface area contributed by atoms with Crippen molar-refractivity contribution >= 4 is 28.4 Å². The van der Waals surface area contributed by atoms with Gasteiger partial charge >= 0.3 is 0 Å². The van der Waals surface area contributed by atoms with Crippen LogP contribution in [-0.4, -0.2) is 27.6 Å². The van der Waals surface area contributed by atoms with Gasteiger partial charge in [-0.3, -0.25) is 4.21 Å². The number of rotatable bonds is 5. The minimum atomic E-state index is -1.30. The monoisotopic (exact) mass is 183 g/mol. The second-order valence-corrected chi connectivity index (χ2v) is 3.66. The van der Waals surface area contributed by atoms with Crippen LogP contribution < -0.4 is 5.11 Å². The second kappa shape index (κ2) is 5.68. The lowest BCUT2D eigenvalue weighted by molar-refractivity contribution is -0.301. The fourth-order valence-corrected chi connectivity index (χ4v) is 1.58. The van der Waals surface area contributed by atoms with E-state index in [4.69, 9.17) is 11.6 Å². The van der Waals surface area contributed by atoms with E-state index in [1.54, 1.807) is 0 Å². The van der Waals surface area contributed by atoms with Crippen LogP contribution in [0.4, 0.5) is 0 Å². The maximum atomic E-state index is 10.6. The van der Waals surface area contributed by atoms with Crippen molar-refractivity contribution in [3.05, 3.63) is 0 Å². The Balaban J connectivity index is 3.35. The third kappa shape index (κ3) is 6.04. The molecule has 0 N–H and O–H groups in total. The lowest BCUT2D eigenvalue weighted by Gasteiger charge is -1.99. The first-order valence-corrected chi connectivity index (χ1v) is 4.80. The highest BCUT2D eigenvalue weighted by Gasteiger charge is 1.97. The minimum Gasteiger partial charge on any atom is -0.549 e. The molecule has 0 aliphatic rings. The van der Waals surface area contributed by atoms with Gasteiger partial charge in [-0.05, 0) is 6.42 Å². The Morgan fingerprint density at radius 3 is 2.60 bits per heavy atom. The van der Waals surface area contributed by atoms with Crippen LogP contribution in [0.2, 0.25) is 0 Å². The van der Waals surface area contributed by atoms with Crippen molar-refractivity contribution < 1.29 is 14.1 Å². The summed E-state index contributed by atoms with van der Waals surface area (Å²) < 4.78 is 10.6. The van der Waals surface area contributed by atoms with E-state index in [2.05, 4.69) is 0 Å². The van der Waals surface area contributed by atoms with Crippen molar-refractivity contribution in [1.29, 1.82) is 0 Å². The number of hydrogen-bond acceptors (Lipinski definition) is 3. The molecule has 0 fully saturated rings. The topological polar surface area (TPSA) is 57.2 Å². The van der Waals surface area contributed by atoms with E-state index in [9.17, 15) is 14.1 Å². The highest BCUT2D eigenvalue weighted by atomic mass is 35.5. The van der Waals surface area contributed by atoms with Crippen LogP contribution in [0.3, 0.4) is 0 Å². The molecule has 3 nitrogen and oxygen atoms in total. The molecule has 0 radical (unpaired) electrons. The van der Waals surface area contributed by atoms with Crippen molar-refractivity contribution in [3.63, 3.8) is 0 Å². The predicted octanol–water partition coefficient (Wildman–Crippen LogP) is -0.886. The zero-order valence-corrected chi connectivity index (χ0v) is 6.91. The highest BCUT2D eigenvalue weighted by molar-refractivity contribution is 7.85. The summed E-state index contributed by atoms with van der Waals surface area (Å²) in [5.74, 6) is -0.888. The Kier molecular flexibility index (Phi) is 5.63. The predicted molar refractivity (Wildman–Crippen MR) is 38.2 cm³/mol. The van der Waals surface area contributed by atoms with Gasteiger partial charge in [0.2, 0.25) is 0 Å². The highest BCUT2D eigenvalue weighted by Crippen LogP contribution is 1.89. The van der Waals surface area contributed by atoms with Gasteiger partial charge in [-0.25, -0.2) is 0 Å².